The van der Waals surface area contributed by atoms with Crippen LogP contribution in [0.3, 0.4) is 0 Å². The lowest BCUT2D eigenvalue weighted by atomic mass is 9.76. The van der Waals surface area contributed by atoms with E-state index in [2.05, 4.69) is 15.9 Å². The molecular weight excluding hydrogens is 354 g/mol. The van der Waals surface area contributed by atoms with Crippen molar-refractivity contribution in [1.82, 2.24) is 0 Å². The van der Waals surface area contributed by atoms with E-state index in [9.17, 15) is 9.59 Å². The molecule has 3 nitrogen and oxygen atoms in total. The Morgan fingerprint density at radius 2 is 1.71 bits per heavy atom. The second-order valence-electron chi connectivity index (χ2n) is 6.24. The first-order valence-electron chi connectivity index (χ1n) is 7.23. The molecule has 1 spiro atoms. The number of halogens is 2. The van der Waals surface area contributed by atoms with E-state index in [-0.39, 0.29) is 17.2 Å². The lowest BCUT2D eigenvalue weighted by Crippen LogP contribution is -2.47. The number of nitrogens with zero attached hydrogens (tertiary/aromatic N) is 1. The molecule has 5 heteroatoms. The van der Waals surface area contributed by atoms with Crippen molar-refractivity contribution >= 4 is 45.0 Å². The maximum atomic E-state index is 12.6. The highest BCUT2D eigenvalue weighted by molar-refractivity contribution is 9.10. The Morgan fingerprint density at radius 3 is 2.29 bits per heavy atom. The molecule has 0 aromatic heterocycles. The van der Waals surface area contributed by atoms with Gasteiger partial charge < -0.3 is 0 Å². The summed E-state index contributed by atoms with van der Waals surface area (Å²) in [6.07, 6.45) is 5.18. The van der Waals surface area contributed by atoms with Crippen molar-refractivity contribution in [2.45, 2.75) is 45.4 Å². The first-order chi connectivity index (χ1) is 9.92. The number of aryl methyl sites for hydroxylation is 1. The van der Waals surface area contributed by atoms with Crippen LogP contribution in [0.2, 0.25) is 5.02 Å². The van der Waals surface area contributed by atoms with Crippen LogP contribution in [0.25, 0.3) is 0 Å². The Bertz CT molecular complexity index is 603. The third-order valence-electron chi connectivity index (χ3n) is 4.68. The van der Waals surface area contributed by atoms with Crippen molar-refractivity contribution in [3.05, 3.63) is 27.2 Å². The summed E-state index contributed by atoms with van der Waals surface area (Å²) >= 11 is 9.59. The van der Waals surface area contributed by atoms with Crippen LogP contribution in [-0.4, -0.2) is 11.8 Å². The third-order valence-corrected chi connectivity index (χ3v) is 5.73. The molecule has 0 N–H and O–H groups in total. The van der Waals surface area contributed by atoms with Crippen LogP contribution in [0, 0.1) is 12.3 Å². The van der Waals surface area contributed by atoms with Gasteiger partial charge in [-0.05, 0) is 58.8 Å². The number of anilines is 1. The van der Waals surface area contributed by atoms with Gasteiger partial charge in [-0.3, -0.25) is 9.59 Å². The number of hydrogen-bond donors (Lipinski definition) is 0. The number of piperidine rings is 1. The predicted octanol–water partition coefficient (Wildman–Crippen LogP) is 4.62. The monoisotopic (exact) mass is 369 g/mol. The van der Waals surface area contributed by atoms with Gasteiger partial charge in [0.05, 0.1) is 5.69 Å². The minimum absolute atomic E-state index is 0.0777. The van der Waals surface area contributed by atoms with E-state index in [1.165, 1.54) is 4.90 Å². The van der Waals surface area contributed by atoms with Crippen LogP contribution >= 0.6 is 27.5 Å². The Balaban J connectivity index is 1.95. The summed E-state index contributed by atoms with van der Waals surface area (Å²) in [7, 11) is 0. The lowest BCUT2D eigenvalue weighted by Gasteiger charge is -2.37. The summed E-state index contributed by atoms with van der Waals surface area (Å²) in [5.41, 5.74) is 1.40. The maximum Gasteiger partial charge on any atom is 0.234 e. The van der Waals surface area contributed by atoms with Crippen molar-refractivity contribution in [2.24, 2.45) is 5.41 Å². The van der Waals surface area contributed by atoms with Gasteiger partial charge in [0.25, 0.3) is 0 Å². The SMILES string of the molecule is Cc1cc(Br)c(N2C(=O)CC3(CCCC3)CC2=O)cc1Cl. The molecule has 2 amide bonds. The minimum atomic E-state index is -0.103. The van der Waals surface area contributed by atoms with Gasteiger partial charge in [-0.2, -0.15) is 0 Å². The molecule has 0 bridgehead atoms. The van der Waals surface area contributed by atoms with Crippen molar-refractivity contribution < 1.29 is 9.59 Å². The fraction of sp³-hybridized carbons (Fsp3) is 0.500. The molecule has 0 atom stereocenters. The molecule has 1 aliphatic carbocycles. The van der Waals surface area contributed by atoms with Crippen LogP contribution in [0.5, 0.6) is 0 Å². The number of carbonyl (C=O) groups is 2. The standard InChI is InChI=1S/C16H17BrClNO2/c1-10-6-11(17)13(7-12(10)18)19-14(20)8-16(9-15(19)21)4-2-3-5-16/h6-7H,2-5,8-9H2,1H3. The van der Waals surface area contributed by atoms with E-state index in [0.29, 0.717) is 23.6 Å². The average molecular weight is 371 g/mol. The van der Waals surface area contributed by atoms with Gasteiger partial charge in [-0.15, -0.1) is 0 Å². The van der Waals surface area contributed by atoms with E-state index in [4.69, 9.17) is 11.6 Å². The van der Waals surface area contributed by atoms with E-state index in [1.807, 2.05) is 13.0 Å². The number of rotatable bonds is 1. The number of amides is 2. The first-order valence-corrected chi connectivity index (χ1v) is 8.40. The molecule has 1 heterocycles. The number of imide groups is 1. The van der Waals surface area contributed by atoms with Crippen LogP contribution in [0.15, 0.2) is 16.6 Å². The van der Waals surface area contributed by atoms with E-state index in [1.54, 1.807) is 6.07 Å². The first kappa shape index (κ1) is 15.0. The smallest absolute Gasteiger partial charge is 0.234 e. The molecular formula is C16H17BrClNO2. The van der Waals surface area contributed by atoms with Gasteiger partial charge in [-0.25, -0.2) is 4.90 Å². The summed E-state index contributed by atoms with van der Waals surface area (Å²) < 4.78 is 0.730. The highest BCUT2D eigenvalue weighted by Gasteiger charge is 2.45. The zero-order valence-electron chi connectivity index (χ0n) is 11.9. The van der Waals surface area contributed by atoms with Crippen LogP contribution in [0.4, 0.5) is 5.69 Å². The van der Waals surface area contributed by atoms with E-state index < -0.39 is 0 Å². The maximum absolute atomic E-state index is 12.6. The molecule has 1 saturated heterocycles. The zero-order chi connectivity index (χ0) is 15.2. The summed E-state index contributed by atoms with van der Waals surface area (Å²) in [6.45, 7) is 1.89. The molecule has 21 heavy (non-hydrogen) atoms. The minimum Gasteiger partial charge on any atom is -0.274 e. The van der Waals surface area contributed by atoms with Gasteiger partial charge in [0.15, 0.2) is 0 Å². The fourth-order valence-electron chi connectivity index (χ4n) is 3.56. The average Bonchev–Trinajstić information content (AvgIpc) is 2.82. The molecule has 1 saturated carbocycles. The Labute approximate surface area is 137 Å². The largest absolute Gasteiger partial charge is 0.274 e. The topological polar surface area (TPSA) is 37.4 Å². The zero-order valence-corrected chi connectivity index (χ0v) is 14.3. The van der Waals surface area contributed by atoms with Gasteiger partial charge >= 0.3 is 0 Å². The molecule has 112 valence electrons. The molecule has 1 aliphatic heterocycles. The lowest BCUT2D eigenvalue weighted by molar-refractivity contribution is -0.133. The molecule has 2 aliphatic rings. The fourth-order valence-corrected chi connectivity index (χ4v) is 4.35. The Kier molecular flexibility index (Phi) is 3.87. The normalized spacial score (nSPS) is 21.4. The second-order valence-corrected chi connectivity index (χ2v) is 7.50. The van der Waals surface area contributed by atoms with Gasteiger partial charge in [0.1, 0.15) is 0 Å². The van der Waals surface area contributed by atoms with Gasteiger partial charge in [0.2, 0.25) is 11.8 Å². The summed E-state index contributed by atoms with van der Waals surface area (Å²) in [5.74, 6) is -0.206. The van der Waals surface area contributed by atoms with Crippen LogP contribution < -0.4 is 4.90 Å². The Morgan fingerprint density at radius 1 is 1.14 bits per heavy atom. The highest BCUT2D eigenvalue weighted by atomic mass is 79.9. The van der Waals surface area contributed by atoms with Crippen LogP contribution in [-0.2, 0) is 9.59 Å². The third kappa shape index (κ3) is 2.64. The second kappa shape index (κ2) is 5.40. The molecule has 0 radical (unpaired) electrons. The van der Waals surface area contributed by atoms with Crippen molar-refractivity contribution in [2.75, 3.05) is 4.90 Å². The predicted molar refractivity (Wildman–Crippen MR) is 86.5 cm³/mol. The number of hydrogen-bond acceptors (Lipinski definition) is 2. The molecule has 2 fully saturated rings. The van der Waals surface area contributed by atoms with Crippen molar-refractivity contribution in [1.29, 1.82) is 0 Å². The molecule has 1 aromatic rings. The van der Waals surface area contributed by atoms with Gasteiger partial charge in [0, 0.05) is 22.3 Å². The summed E-state index contributed by atoms with van der Waals surface area (Å²) in [4.78, 5) is 26.4. The Hall–Kier alpha value is -0.870. The highest BCUT2D eigenvalue weighted by Crippen LogP contribution is 2.48. The molecule has 3 rings (SSSR count). The van der Waals surface area contributed by atoms with E-state index >= 15 is 0 Å². The van der Waals surface area contributed by atoms with Crippen LogP contribution in [0.1, 0.15) is 44.1 Å². The quantitative estimate of drug-likeness (QED) is 0.676. The number of benzene rings is 1. The van der Waals surface area contributed by atoms with Gasteiger partial charge in [-0.1, -0.05) is 24.4 Å². The molecule has 0 unspecified atom stereocenters. The van der Waals surface area contributed by atoms with Crippen molar-refractivity contribution in [3.63, 3.8) is 0 Å². The molecule has 1 aromatic carbocycles. The van der Waals surface area contributed by atoms with E-state index in [0.717, 1.165) is 35.7 Å². The number of carbonyl (C=O) groups excluding carboxylic acids is 2. The summed E-state index contributed by atoms with van der Waals surface area (Å²) in [6, 6.07) is 3.54. The summed E-state index contributed by atoms with van der Waals surface area (Å²) in [5, 5.41) is 0.565. The van der Waals surface area contributed by atoms with Crippen molar-refractivity contribution in [3.8, 4) is 0 Å².